The minimum Gasteiger partial charge on any atom is -0.488 e. The van der Waals surface area contributed by atoms with Crippen LogP contribution in [0.1, 0.15) is 36.2 Å². The van der Waals surface area contributed by atoms with Gasteiger partial charge in [0.1, 0.15) is 17.6 Å². The van der Waals surface area contributed by atoms with Gasteiger partial charge in [-0.15, -0.1) is 0 Å². The van der Waals surface area contributed by atoms with Crippen molar-refractivity contribution >= 4 is 23.3 Å². The van der Waals surface area contributed by atoms with E-state index in [-0.39, 0.29) is 24.4 Å². The van der Waals surface area contributed by atoms with Crippen molar-refractivity contribution in [3.8, 4) is 11.5 Å². The molecule has 142 valence electrons. The Morgan fingerprint density at radius 3 is 2.63 bits per heavy atom. The van der Waals surface area contributed by atoms with Crippen molar-refractivity contribution in [1.29, 1.82) is 0 Å². The van der Waals surface area contributed by atoms with E-state index >= 15 is 0 Å². The number of hydrogen-bond donors (Lipinski definition) is 0. The number of ether oxygens (including phenoxy) is 2. The van der Waals surface area contributed by atoms with E-state index in [1.54, 1.807) is 41.3 Å². The summed E-state index contributed by atoms with van der Waals surface area (Å²) in [4.78, 5) is 25.8. The predicted molar refractivity (Wildman–Crippen MR) is 104 cm³/mol. The van der Waals surface area contributed by atoms with Crippen molar-refractivity contribution in [2.75, 3.05) is 13.2 Å². The standard InChI is InChI=1S/C21H22ClNO4/c1-3-18-12-23(11-16-4-7-17(22)10-20(16)27-18)21(25)13-26-19-8-5-15(6-9-19)14(2)24/h4-10,18H,3,11-13H2,1-2H3. The fourth-order valence-electron chi connectivity index (χ4n) is 2.93. The zero-order valence-corrected chi connectivity index (χ0v) is 16.2. The van der Waals surface area contributed by atoms with Gasteiger partial charge in [-0.25, -0.2) is 0 Å². The fraction of sp³-hybridized carbons (Fsp3) is 0.333. The minimum absolute atomic E-state index is 0.00781. The van der Waals surface area contributed by atoms with Crippen LogP contribution < -0.4 is 9.47 Å². The zero-order valence-electron chi connectivity index (χ0n) is 15.4. The summed E-state index contributed by atoms with van der Waals surface area (Å²) in [7, 11) is 0. The van der Waals surface area contributed by atoms with Gasteiger partial charge in [0, 0.05) is 22.7 Å². The zero-order chi connectivity index (χ0) is 19.4. The average molecular weight is 388 g/mol. The molecule has 1 amide bonds. The van der Waals surface area contributed by atoms with Crippen molar-refractivity contribution in [2.45, 2.75) is 32.9 Å². The van der Waals surface area contributed by atoms with Gasteiger partial charge in [-0.1, -0.05) is 24.6 Å². The van der Waals surface area contributed by atoms with Crippen LogP contribution in [0, 0.1) is 0 Å². The van der Waals surface area contributed by atoms with Crippen LogP contribution in [0.25, 0.3) is 0 Å². The number of halogens is 1. The van der Waals surface area contributed by atoms with Crippen LogP contribution in [0.15, 0.2) is 42.5 Å². The van der Waals surface area contributed by atoms with Crippen LogP contribution in [0.4, 0.5) is 0 Å². The second-order valence-electron chi connectivity index (χ2n) is 6.54. The molecule has 0 saturated carbocycles. The molecule has 0 bridgehead atoms. The lowest BCUT2D eigenvalue weighted by Gasteiger charge is -2.23. The average Bonchev–Trinajstić information content (AvgIpc) is 2.85. The quantitative estimate of drug-likeness (QED) is 0.724. The summed E-state index contributed by atoms with van der Waals surface area (Å²) < 4.78 is 11.6. The summed E-state index contributed by atoms with van der Waals surface area (Å²) >= 11 is 6.07. The van der Waals surface area contributed by atoms with Gasteiger partial charge in [-0.3, -0.25) is 9.59 Å². The summed E-state index contributed by atoms with van der Waals surface area (Å²) in [5, 5.41) is 0.612. The molecule has 1 heterocycles. The van der Waals surface area contributed by atoms with Gasteiger partial charge in [-0.05, 0) is 49.7 Å². The van der Waals surface area contributed by atoms with Gasteiger partial charge in [0.05, 0.1) is 6.54 Å². The van der Waals surface area contributed by atoms with Gasteiger partial charge in [-0.2, -0.15) is 0 Å². The second kappa shape index (κ2) is 8.44. The van der Waals surface area contributed by atoms with Gasteiger partial charge >= 0.3 is 0 Å². The Labute approximate surface area is 163 Å². The molecular formula is C21H22ClNO4. The number of amides is 1. The van der Waals surface area contributed by atoms with E-state index in [1.165, 1.54) is 6.92 Å². The third kappa shape index (κ3) is 4.80. The van der Waals surface area contributed by atoms with Crippen molar-refractivity contribution in [2.24, 2.45) is 0 Å². The highest BCUT2D eigenvalue weighted by molar-refractivity contribution is 6.30. The molecule has 27 heavy (non-hydrogen) atoms. The summed E-state index contributed by atoms with van der Waals surface area (Å²) in [6.45, 7) is 4.41. The Balaban J connectivity index is 1.67. The van der Waals surface area contributed by atoms with E-state index in [0.717, 1.165) is 17.7 Å². The van der Waals surface area contributed by atoms with E-state index in [0.29, 0.717) is 29.4 Å². The Morgan fingerprint density at radius 1 is 1.22 bits per heavy atom. The van der Waals surface area contributed by atoms with Crippen LogP contribution >= 0.6 is 11.6 Å². The highest BCUT2D eigenvalue weighted by Gasteiger charge is 2.25. The maximum atomic E-state index is 12.7. The molecule has 2 aromatic carbocycles. The number of nitrogens with zero attached hydrogens (tertiary/aromatic N) is 1. The number of rotatable bonds is 5. The van der Waals surface area contributed by atoms with E-state index in [9.17, 15) is 9.59 Å². The van der Waals surface area contributed by atoms with E-state index in [1.807, 2.05) is 13.0 Å². The van der Waals surface area contributed by atoms with E-state index < -0.39 is 0 Å². The number of carbonyl (C=O) groups excluding carboxylic acids is 2. The summed E-state index contributed by atoms with van der Waals surface area (Å²) in [5.41, 5.74) is 1.54. The molecule has 0 saturated heterocycles. The lowest BCUT2D eigenvalue weighted by atomic mass is 10.1. The molecule has 1 aliphatic rings. The molecule has 0 radical (unpaired) electrons. The molecule has 2 aromatic rings. The van der Waals surface area contributed by atoms with Crippen molar-refractivity contribution in [1.82, 2.24) is 4.90 Å². The first kappa shape index (κ1) is 19.2. The maximum absolute atomic E-state index is 12.7. The summed E-state index contributed by atoms with van der Waals surface area (Å²) in [6, 6.07) is 12.2. The first-order valence-electron chi connectivity index (χ1n) is 8.93. The van der Waals surface area contributed by atoms with Gasteiger partial charge in [0.25, 0.3) is 5.91 Å². The van der Waals surface area contributed by atoms with Crippen LogP contribution in [-0.4, -0.2) is 35.8 Å². The molecule has 6 heteroatoms. The first-order valence-corrected chi connectivity index (χ1v) is 9.30. The van der Waals surface area contributed by atoms with E-state index in [2.05, 4.69) is 0 Å². The molecule has 5 nitrogen and oxygen atoms in total. The molecule has 0 spiro atoms. The van der Waals surface area contributed by atoms with Crippen LogP contribution in [0.3, 0.4) is 0 Å². The van der Waals surface area contributed by atoms with Gasteiger partial charge in [0.2, 0.25) is 0 Å². The number of carbonyl (C=O) groups is 2. The van der Waals surface area contributed by atoms with Crippen molar-refractivity contribution in [3.63, 3.8) is 0 Å². The number of ketones is 1. The lowest BCUT2D eigenvalue weighted by molar-refractivity contribution is -0.134. The molecule has 0 aliphatic carbocycles. The maximum Gasteiger partial charge on any atom is 0.260 e. The minimum atomic E-state index is -0.115. The van der Waals surface area contributed by atoms with E-state index in [4.69, 9.17) is 21.1 Å². The molecular weight excluding hydrogens is 366 g/mol. The van der Waals surface area contributed by atoms with Crippen LogP contribution in [0.2, 0.25) is 5.02 Å². The second-order valence-corrected chi connectivity index (χ2v) is 6.98. The number of fused-ring (bicyclic) bond motifs is 1. The smallest absolute Gasteiger partial charge is 0.260 e. The predicted octanol–water partition coefficient (Wildman–Crippen LogP) is 4.12. The summed E-state index contributed by atoms with van der Waals surface area (Å²) in [5.74, 6) is 1.16. The Morgan fingerprint density at radius 2 is 1.96 bits per heavy atom. The molecule has 0 N–H and O–H groups in total. The van der Waals surface area contributed by atoms with Gasteiger partial charge < -0.3 is 14.4 Å². The van der Waals surface area contributed by atoms with Crippen LogP contribution in [0.5, 0.6) is 11.5 Å². The molecule has 0 aromatic heterocycles. The van der Waals surface area contributed by atoms with Crippen molar-refractivity contribution in [3.05, 3.63) is 58.6 Å². The SMILES string of the molecule is CCC1CN(C(=O)COc2ccc(C(C)=O)cc2)Cc2ccc(Cl)cc2O1. The normalized spacial score (nSPS) is 16.1. The monoisotopic (exact) mass is 387 g/mol. The van der Waals surface area contributed by atoms with Crippen LogP contribution in [-0.2, 0) is 11.3 Å². The highest BCUT2D eigenvalue weighted by Crippen LogP contribution is 2.29. The molecule has 1 atom stereocenters. The third-order valence-corrected chi connectivity index (χ3v) is 4.77. The lowest BCUT2D eigenvalue weighted by Crippen LogP contribution is -2.39. The Hall–Kier alpha value is -2.53. The topological polar surface area (TPSA) is 55.8 Å². The number of Topliss-reactive ketones (excluding diaryl/α,β-unsaturated/α-hetero) is 1. The molecule has 3 rings (SSSR count). The Bertz CT molecular complexity index is 835. The highest BCUT2D eigenvalue weighted by atomic mass is 35.5. The number of benzene rings is 2. The third-order valence-electron chi connectivity index (χ3n) is 4.54. The molecule has 0 fully saturated rings. The largest absolute Gasteiger partial charge is 0.488 e. The summed E-state index contributed by atoms with van der Waals surface area (Å²) in [6.07, 6.45) is 0.687. The molecule has 1 aliphatic heterocycles. The van der Waals surface area contributed by atoms with Gasteiger partial charge in [0.15, 0.2) is 12.4 Å². The first-order chi connectivity index (χ1) is 13.0. The fourth-order valence-corrected chi connectivity index (χ4v) is 3.09. The molecule has 1 unspecified atom stereocenters. The number of hydrogen-bond acceptors (Lipinski definition) is 4. The Kier molecular flexibility index (Phi) is 6.01. The van der Waals surface area contributed by atoms with Crippen molar-refractivity contribution < 1.29 is 19.1 Å².